The van der Waals surface area contributed by atoms with Crippen LogP contribution in [0.15, 0.2) is 24.4 Å². The Morgan fingerprint density at radius 1 is 1.37 bits per heavy atom. The Labute approximate surface area is 111 Å². The van der Waals surface area contributed by atoms with E-state index in [1.807, 2.05) is 18.2 Å². The maximum atomic E-state index is 11.7. The summed E-state index contributed by atoms with van der Waals surface area (Å²) in [7, 11) is 3.15. The van der Waals surface area contributed by atoms with E-state index in [-0.39, 0.29) is 18.2 Å². The van der Waals surface area contributed by atoms with Crippen LogP contribution in [0.5, 0.6) is 5.75 Å². The second-order valence-electron chi connectivity index (χ2n) is 4.26. The summed E-state index contributed by atoms with van der Waals surface area (Å²) in [6.07, 6.45) is 1.70. The molecule has 100 valence electrons. The number of rotatable bonds is 4. The van der Waals surface area contributed by atoms with Crippen LogP contribution in [0.25, 0.3) is 10.9 Å². The normalized spacial score (nSPS) is 10.5. The van der Waals surface area contributed by atoms with Gasteiger partial charge in [0.25, 0.3) is 0 Å². The van der Waals surface area contributed by atoms with Crippen molar-refractivity contribution in [2.24, 2.45) is 0 Å². The number of fused-ring (bicyclic) bond motifs is 1. The smallest absolute Gasteiger partial charge is 0.239 e. The molecule has 0 bridgehead atoms. The topological polar surface area (TPSA) is 60.3 Å². The van der Waals surface area contributed by atoms with Crippen molar-refractivity contribution >= 4 is 22.6 Å². The lowest BCUT2D eigenvalue weighted by Gasteiger charge is -2.07. The van der Waals surface area contributed by atoms with E-state index in [9.17, 15) is 9.59 Å². The van der Waals surface area contributed by atoms with E-state index in [1.165, 1.54) is 6.92 Å². The Balaban J connectivity index is 2.68. The lowest BCUT2D eigenvalue weighted by atomic mass is 10.1. The number of aromatic nitrogens is 1. The number of hydrogen-bond donors (Lipinski definition) is 1. The van der Waals surface area contributed by atoms with Gasteiger partial charge in [-0.1, -0.05) is 12.1 Å². The number of para-hydroxylation sites is 1. The molecule has 0 saturated heterocycles. The van der Waals surface area contributed by atoms with Crippen LogP contribution in [0.3, 0.4) is 0 Å². The number of ketones is 1. The Morgan fingerprint density at radius 2 is 2.11 bits per heavy atom. The number of carbonyl (C=O) groups excluding carboxylic acids is 2. The van der Waals surface area contributed by atoms with Crippen LogP contribution < -0.4 is 10.1 Å². The molecule has 0 saturated carbocycles. The Kier molecular flexibility index (Phi) is 3.55. The second-order valence-corrected chi connectivity index (χ2v) is 4.26. The highest BCUT2D eigenvalue weighted by molar-refractivity contribution is 6.08. The molecule has 0 aliphatic carbocycles. The van der Waals surface area contributed by atoms with Crippen LogP contribution in [0.4, 0.5) is 0 Å². The molecule has 0 spiro atoms. The maximum absolute atomic E-state index is 11.7. The molecular weight excluding hydrogens is 244 g/mol. The number of benzene rings is 1. The van der Waals surface area contributed by atoms with Crippen LogP contribution in [0.1, 0.15) is 17.3 Å². The molecule has 1 heterocycles. The van der Waals surface area contributed by atoms with Gasteiger partial charge < -0.3 is 14.6 Å². The summed E-state index contributed by atoms with van der Waals surface area (Å²) in [5.41, 5.74) is 1.36. The largest absolute Gasteiger partial charge is 0.495 e. The fraction of sp³-hybridized carbons (Fsp3) is 0.286. The summed E-state index contributed by atoms with van der Waals surface area (Å²) >= 11 is 0. The molecule has 1 aromatic carbocycles. The zero-order chi connectivity index (χ0) is 14.0. The zero-order valence-corrected chi connectivity index (χ0v) is 11.2. The summed E-state index contributed by atoms with van der Waals surface area (Å²) in [5, 5.41) is 3.37. The molecule has 0 atom stereocenters. The average Bonchev–Trinajstić information content (AvgIpc) is 2.77. The van der Waals surface area contributed by atoms with Gasteiger partial charge in [-0.3, -0.25) is 9.59 Å². The zero-order valence-electron chi connectivity index (χ0n) is 11.2. The Morgan fingerprint density at radius 3 is 2.68 bits per heavy atom. The van der Waals surface area contributed by atoms with E-state index < -0.39 is 0 Å². The summed E-state index contributed by atoms with van der Waals surface area (Å²) in [5.74, 6) is 0.487. The third-order valence-corrected chi connectivity index (χ3v) is 3.05. The van der Waals surface area contributed by atoms with Crippen LogP contribution in [0, 0.1) is 0 Å². The lowest BCUT2D eigenvalue weighted by Crippen LogP contribution is -2.23. The van der Waals surface area contributed by atoms with Crippen LogP contribution in [-0.4, -0.2) is 30.4 Å². The number of nitrogens with one attached hydrogen (secondary N) is 1. The van der Waals surface area contributed by atoms with Crippen molar-refractivity contribution in [2.75, 3.05) is 14.2 Å². The molecule has 0 aliphatic rings. The lowest BCUT2D eigenvalue weighted by molar-refractivity contribution is -0.121. The number of amides is 1. The Hall–Kier alpha value is -2.30. The molecule has 0 fully saturated rings. The minimum Gasteiger partial charge on any atom is -0.495 e. The van der Waals surface area contributed by atoms with Gasteiger partial charge in [0.1, 0.15) is 12.3 Å². The van der Waals surface area contributed by atoms with E-state index in [4.69, 9.17) is 4.74 Å². The van der Waals surface area contributed by atoms with Crippen molar-refractivity contribution in [2.45, 2.75) is 13.5 Å². The van der Waals surface area contributed by atoms with Gasteiger partial charge in [-0.2, -0.15) is 0 Å². The summed E-state index contributed by atoms with van der Waals surface area (Å²) in [6.45, 7) is 1.67. The van der Waals surface area contributed by atoms with Gasteiger partial charge in [0.15, 0.2) is 5.78 Å². The van der Waals surface area contributed by atoms with Crippen LogP contribution >= 0.6 is 0 Å². The third kappa shape index (κ3) is 2.31. The van der Waals surface area contributed by atoms with Crippen molar-refractivity contribution in [3.8, 4) is 5.75 Å². The van der Waals surface area contributed by atoms with Gasteiger partial charge in [-0.25, -0.2) is 0 Å². The maximum Gasteiger partial charge on any atom is 0.239 e. The first-order valence-electron chi connectivity index (χ1n) is 5.95. The number of hydrogen-bond acceptors (Lipinski definition) is 3. The molecule has 0 aliphatic heterocycles. The van der Waals surface area contributed by atoms with Gasteiger partial charge >= 0.3 is 0 Å². The molecular formula is C14H16N2O3. The first-order chi connectivity index (χ1) is 9.08. The van der Waals surface area contributed by atoms with E-state index in [2.05, 4.69) is 5.32 Å². The van der Waals surface area contributed by atoms with Gasteiger partial charge in [0.2, 0.25) is 5.91 Å². The van der Waals surface area contributed by atoms with Crippen molar-refractivity contribution < 1.29 is 14.3 Å². The summed E-state index contributed by atoms with van der Waals surface area (Å²) < 4.78 is 7.05. The molecule has 5 nitrogen and oxygen atoms in total. The minimum atomic E-state index is -0.127. The van der Waals surface area contributed by atoms with Crippen molar-refractivity contribution in [1.29, 1.82) is 0 Å². The second kappa shape index (κ2) is 5.14. The van der Waals surface area contributed by atoms with E-state index in [1.54, 1.807) is 24.9 Å². The van der Waals surface area contributed by atoms with E-state index >= 15 is 0 Å². The Bertz CT molecular complexity index is 643. The molecule has 1 N–H and O–H groups in total. The summed E-state index contributed by atoms with van der Waals surface area (Å²) in [6, 6.07) is 5.50. The number of Topliss-reactive ketones (excluding diaryl/α,β-unsaturated/α-hetero) is 1. The highest BCUT2D eigenvalue weighted by atomic mass is 16.5. The fourth-order valence-corrected chi connectivity index (χ4v) is 2.13. The third-order valence-electron chi connectivity index (χ3n) is 3.05. The van der Waals surface area contributed by atoms with Crippen LogP contribution in [0.2, 0.25) is 0 Å². The predicted molar refractivity (Wildman–Crippen MR) is 72.6 cm³/mol. The number of carbonyl (C=O) groups is 2. The van der Waals surface area contributed by atoms with Gasteiger partial charge in [0.05, 0.1) is 12.6 Å². The molecule has 1 aromatic heterocycles. The molecule has 0 radical (unpaired) electrons. The summed E-state index contributed by atoms with van der Waals surface area (Å²) in [4.78, 5) is 23.2. The molecule has 2 aromatic rings. The minimum absolute atomic E-state index is 0.0334. The van der Waals surface area contributed by atoms with E-state index in [0.717, 1.165) is 10.9 Å². The number of ether oxygens (including phenoxy) is 1. The molecule has 0 unspecified atom stereocenters. The number of nitrogens with zero attached hydrogens (tertiary/aromatic N) is 1. The first kappa shape index (κ1) is 13.1. The van der Waals surface area contributed by atoms with Gasteiger partial charge in [-0.15, -0.1) is 0 Å². The van der Waals surface area contributed by atoms with Gasteiger partial charge in [-0.05, 0) is 13.0 Å². The quantitative estimate of drug-likeness (QED) is 0.849. The average molecular weight is 260 g/mol. The van der Waals surface area contributed by atoms with Crippen LogP contribution in [-0.2, 0) is 11.3 Å². The number of methoxy groups -OCH3 is 1. The highest BCUT2D eigenvalue weighted by Crippen LogP contribution is 2.30. The highest BCUT2D eigenvalue weighted by Gasteiger charge is 2.16. The number of likely N-dealkylation sites (N-methyl/N-ethyl adjacent to an activating group) is 1. The van der Waals surface area contributed by atoms with Crippen molar-refractivity contribution in [3.63, 3.8) is 0 Å². The SMILES string of the molecule is CNC(=O)Cn1cc(C(C)=O)c2cccc(OC)c21. The molecule has 1 amide bonds. The first-order valence-corrected chi connectivity index (χ1v) is 5.95. The van der Waals surface area contributed by atoms with E-state index in [0.29, 0.717) is 11.3 Å². The van der Waals surface area contributed by atoms with Crippen molar-refractivity contribution in [3.05, 3.63) is 30.0 Å². The fourth-order valence-electron chi connectivity index (χ4n) is 2.13. The monoisotopic (exact) mass is 260 g/mol. The molecule has 19 heavy (non-hydrogen) atoms. The molecule has 2 rings (SSSR count). The van der Waals surface area contributed by atoms with Gasteiger partial charge in [0, 0.05) is 24.2 Å². The predicted octanol–water partition coefficient (Wildman–Crippen LogP) is 1.60. The standard InChI is InChI=1S/C14H16N2O3/c1-9(17)11-7-16(8-13(18)15-2)14-10(11)5-4-6-12(14)19-3/h4-7H,8H2,1-3H3,(H,15,18). The van der Waals surface area contributed by atoms with Crippen molar-refractivity contribution in [1.82, 2.24) is 9.88 Å². The molecule has 5 heteroatoms.